The molecule has 0 aromatic heterocycles. The summed E-state index contributed by atoms with van der Waals surface area (Å²) in [5, 5.41) is 4.08. The minimum atomic E-state index is -0.674. The molecule has 0 heterocycles. The summed E-state index contributed by atoms with van der Waals surface area (Å²) in [4.78, 5) is 29.2. The fourth-order valence-electron chi connectivity index (χ4n) is 4.99. The number of ether oxygens (including phenoxy) is 2. The van der Waals surface area contributed by atoms with Gasteiger partial charge in [0.25, 0.3) is 0 Å². The van der Waals surface area contributed by atoms with Crippen molar-refractivity contribution in [2.24, 2.45) is 0 Å². The average molecular weight is 584 g/mol. The Labute approximate surface area is 246 Å². The van der Waals surface area contributed by atoms with Crippen molar-refractivity contribution in [1.82, 2.24) is 10.2 Å². The number of rotatable bonds is 13. The molecule has 0 bridgehead atoms. The minimum absolute atomic E-state index is 0.119. The van der Waals surface area contributed by atoms with Crippen LogP contribution in [0.4, 0.5) is 0 Å². The fraction of sp³-hybridized carbons (Fsp3) is 0.375. The Bertz CT molecular complexity index is 1250. The van der Waals surface area contributed by atoms with E-state index in [0.29, 0.717) is 35.2 Å². The third kappa shape index (κ3) is 8.64. The highest BCUT2D eigenvalue weighted by atomic mass is 35.5. The topological polar surface area (TPSA) is 67.9 Å². The molecule has 1 aliphatic rings. The van der Waals surface area contributed by atoms with Crippen molar-refractivity contribution >= 4 is 35.0 Å². The first-order valence-electron chi connectivity index (χ1n) is 13.8. The van der Waals surface area contributed by atoms with Gasteiger partial charge in [0, 0.05) is 25.4 Å². The number of amides is 2. The molecule has 0 radical (unpaired) electrons. The number of benzene rings is 3. The second-order valence-electron chi connectivity index (χ2n) is 10.1. The zero-order valence-electron chi connectivity index (χ0n) is 22.8. The maximum atomic E-state index is 13.8. The van der Waals surface area contributed by atoms with Crippen LogP contribution in [0.3, 0.4) is 0 Å². The summed E-state index contributed by atoms with van der Waals surface area (Å²) in [5.41, 5.74) is 1.80. The summed E-state index contributed by atoms with van der Waals surface area (Å²) in [7, 11) is 1.62. The SMILES string of the molecule is COc1ccc(OCCCC(=O)N(Cc2ccc(Cl)c(Cl)c2)[C@@H](Cc2ccccc2)C(=O)NC2CCCC2)cc1. The Morgan fingerprint density at radius 2 is 1.62 bits per heavy atom. The number of halogens is 2. The first kappa shape index (κ1) is 29.8. The van der Waals surface area contributed by atoms with Crippen LogP contribution in [0.5, 0.6) is 11.5 Å². The number of carbonyl (C=O) groups is 2. The van der Waals surface area contributed by atoms with E-state index in [9.17, 15) is 9.59 Å². The van der Waals surface area contributed by atoms with Gasteiger partial charge in [-0.3, -0.25) is 9.59 Å². The zero-order valence-corrected chi connectivity index (χ0v) is 24.3. The summed E-state index contributed by atoms with van der Waals surface area (Å²) >= 11 is 12.5. The molecule has 1 saturated carbocycles. The number of methoxy groups -OCH3 is 1. The summed E-state index contributed by atoms with van der Waals surface area (Å²) in [6.07, 6.45) is 5.29. The number of hydrogen-bond acceptors (Lipinski definition) is 4. The third-order valence-corrected chi connectivity index (χ3v) is 7.91. The quantitative estimate of drug-likeness (QED) is 0.223. The summed E-state index contributed by atoms with van der Waals surface area (Å²) < 4.78 is 11.0. The van der Waals surface area contributed by atoms with Crippen LogP contribution in [0, 0.1) is 0 Å². The lowest BCUT2D eigenvalue weighted by Gasteiger charge is -2.32. The molecule has 0 aliphatic heterocycles. The molecule has 0 spiro atoms. The molecule has 212 valence electrons. The van der Waals surface area contributed by atoms with Gasteiger partial charge in [-0.05, 0) is 66.8 Å². The van der Waals surface area contributed by atoms with Gasteiger partial charge in [-0.2, -0.15) is 0 Å². The Hall–Kier alpha value is -3.22. The maximum Gasteiger partial charge on any atom is 0.243 e. The number of carbonyl (C=O) groups excluding carboxylic acids is 2. The van der Waals surface area contributed by atoms with Crippen LogP contribution in [-0.4, -0.2) is 42.5 Å². The van der Waals surface area contributed by atoms with E-state index >= 15 is 0 Å². The van der Waals surface area contributed by atoms with E-state index in [-0.39, 0.29) is 30.8 Å². The first-order valence-corrected chi connectivity index (χ1v) is 14.5. The van der Waals surface area contributed by atoms with E-state index in [4.69, 9.17) is 32.7 Å². The zero-order chi connectivity index (χ0) is 28.3. The molecule has 3 aromatic rings. The van der Waals surface area contributed by atoms with Crippen molar-refractivity contribution in [3.05, 3.63) is 94.0 Å². The molecule has 1 atom stereocenters. The second kappa shape index (κ2) is 15.0. The number of nitrogens with one attached hydrogen (secondary N) is 1. The van der Waals surface area contributed by atoms with Gasteiger partial charge in [-0.25, -0.2) is 0 Å². The minimum Gasteiger partial charge on any atom is -0.497 e. The van der Waals surface area contributed by atoms with E-state index in [1.807, 2.05) is 60.7 Å². The van der Waals surface area contributed by atoms with E-state index in [1.165, 1.54) is 0 Å². The molecular weight excluding hydrogens is 547 g/mol. The lowest BCUT2D eigenvalue weighted by Crippen LogP contribution is -2.52. The Morgan fingerprint density at radius 3 is 2.30 bits per heavy atom. The molecular formula is C32H36Cl2N2O4. The Kier molecular flexibility index (Phi) is 11.1. The Morgan fingerprint density at radius 1 is 0.925 bits per heavy atom. The summed E-state index contributed by atoms with van der Waals surface area (Å²) in [5.74, 6) is 1.21. The highest BCUT2D eigenvalue weighted by molar-refractivity contribution is 6.42. The van der Waals surface area contributed by atoms with Crippen molar-refractivity contribution < 1.29 is 19.1 Å². The van der Waals surface area contributed by atoms with Crippen molar-refractivity contribution in [2.45, 2.75) is 63.6 Å². The summed E-state index contributed by atoms with van der Waals surface area (Å²) in [6.45, 7) is 0.612. The number of nitrogens with zero attached hydrogens (tertiary/aromatic N) is 1. The molecule has 3 aromatic carbocycles. The predicted octanol–water partition coefficient (Wildman–Crippen LogP) is 6.86. The lowest BCUT2D eigenvalue weighted by molar-refractivity contribution is -0.141. The normalized spacial score (nSPS) is 14.0. The maximum absolute atomic E-state index is 13.8. The highest BCUT2D eigenvalue weighted by Crippen LogP contribution is 2.25. The molecule has 0 saturated heterocycles. The van der Waals surface area contributed by atoms with Crippen molar-refractivity contribution in [2.75, 3.05) is 13.7 Å². The van der Waals surface area contributed by atoms with Gasteiger partial charge >= 0.3 is 0 Å². The highest BCUT2D eigenvalue weighted by Gasteiger charge is 2.32. The molecule has 0 unspecified atom stereocenters. The van der Waals surface area contributed by atoms with Gasteiger partial charge in [-0.15, -0.1) is 0 Å². The molecule has 40 heavy (non-hydrogen) atoms. The van der Waals surface area contributed by atoms with Crippen molar-refractivity contribution in [1.29, 1.82) is 0 Å². The van der Waals surface area contributed by atoms with E-state index in [2.05, 4.69) is 5.32 Å². The number of hydrogen-bond donors (Lipinski definition) is 1. The standard InChI is InChI=1S/C32H36Cl2N2O4/c1-39-26-14-16-27(17-15-26)40-19-7-12-31(37)36(22-24-13-18-28(33)29(34)20-24)30(21-23-8-3-2-4-9-23)32(38)35-25-10-5-6-11-25/h2-4,8-9,13-18,20,25,30H,5-7,10-12,19,21-22H2,1H3,(H,35,38)/t30-/m0/s1. The molecule has 1 N–H and O–H groups in total. The fourth-order valence-corrected chi connectivity index (χ4v) is 5.31. The molecule has 8 heteroatoms. The van der Waals surface area contributed by atoms with Gasteiger partial charge in [0.1, 0.15) is 17.5 Å². The Balaban J connectivity index is 1.51. The van der Waals surface area contributed by atoms with E-state index < -0.39 is 6.04 Å². The largest absolute Gasteiger partial charge is 0.497 e. The smallest absolute Gasteiger partial charge is 0.243 e. The van der Waals surface area contributed by atoms with Crippen LogP contribution in [0.15, 0.2) is 72.8 Å². The molecule has 2 amide bonds. The second-order valence-corrected chi connectivity index (χ2v) is 10.9. The molecule has 6 nitrogen and oxygen atoms in total. The van der Waals surface area contributed by atoms with Crippen LogP contribution >= 0.6 is 23.2 Å². The summed E-state index contributed by atoms with van der Waals surface area (Å²) in [6, 6.07) is 21.9. The van der Waals surface area contributed by atoms with Gasteiger partial charge in [-0.1, -0.05) is 72.4 Å². The monoisotopic (exact) mass is 582 g/mol. The molecule has 4 rings (SSSR count). The van der Waals surface area contributed by atoms with Crippen LogP contribution in [-0.2, 0) is 22.6 Å². The van der Waals surface area contributed by atoms with Crippen LogP contribution in [0.25, 0.3) is 0 Å². The van der Waals surface area contributed by atoms with Crippen LogP contribution in [0.1, 0.15) is 49.7 Å². The predicted molar refractivity (Wildman–Crippen MR) is 159 cm³/mol. The van der Waals surface area contributed by atoms with Gasteiger partial charge in [0.2, 0.25) is 11.8 Å². The lowest BCUT2D eigenvalue weighted by atomic mass is 10.0. The van der Waals surface area contributed by atoms with Crippen LogP contribution in [0.2, 0.25) is 10.0 Å². The van der Waals surface area contributed by atoms with E-state index in [0.717, 1.165) is 42.6 Å². The van der Waals surface area contributed by atoms with Crippen molar-refractivity contribution in [3.8, 4) is 11.5 Å². The molecule has 1 fully saturated rings. The van der Waals surface area contributed by atoms with Gasteiger partial charge < -0.3 is 19.7 Å². The van der Waals surface area contributed by atoms with Crippen molar-refractivity contribution in [3.63, 3.8) is 0 Å². The average Bonchev–Trinajstić information content (AvgIpc) is 3.48. The third-order valence-electron chi connectivity index (χ3n) is 7.17. The van der Waals surface area contributed by atoms with Crippen LogP contribution < -0.4 is 14.8 Å². The van der Waals surface area contributed by atoms with Gasteiger partial charge in [0.05, 0.1) is 23.8 Å². The first-order chi connectivity index (χ1) is 19.4. The molecule has 1 aliphatic carbocycles. The van der Waals surface area contributed by atoms with E-state index in [1.54, 1.807) is 24.1 Å². The van der Waals surface area contributed by atoms with Gasteiger partial charge in [0.15, 0.2) is 0 Å².